The van der Waals surface area contributed by atoms with Gasteiger partial charge in [-0.1, -0.05) is 0 Å². The first kappa shape index (κ1) is 16.4. The van der Waals surface area contributed by atoms with E-state index in [-0.39, 0.29) is 30.1 Å². The molecule has 1 aliphatic heterocycles. The van der Waals surface area contributed by atoms with Crippen LogP contribution in [-0.4, -0.2) is 42.9 Å². The predicted octanol–water partition coefficient (Wildman–Crippen LogP) is 1.38. The minimum Gasteiger partial charge on any atom is -0.369 e. The number of nitrogens with two attached hydrogens (primary N) is 1. The Kier molecular flexibility index (Phi) is 5.49. The van der Waals surface area contributed by atoms with Crippen LogP contribution in [0.25, 0.3) is 0 Å². The summed E-state index contributed by atoms with van der Waals surface area (Å²) in [4.78, 5) is 27.4. The summed E-state index contributed by atoms with van der Waals surface area (Å²) in [6, 6.07) is 5.88. The monoisotopic (exact) mass is 307 g/mol. The molecular formula is C16H22FN3O2. The number of anilines is 1. The zero-order valence-corrected chi connectivity index (χ0v) is 12.8. The second-order valence-electron chi connectivity index (χ2n) is 5.59. The summed E-state index contributed by atoms with van der Waals surface area (Å²) < 4.78 is 13.0. The lowest BCUT2D eigenvalue weighted by Crippen LogP contribution is -2.46. The molecule has 2 rings (SSSR count). The number of benzene rings is 1. The van der Waals surface area contributed by atoms with Crippen LogP contribution in [-0.2, 0) is 9.59 Å². The van der Waals surface area contributed by atoms with Gasteiger partial charge in [0, 0.05) is 18.8 Å². The van der Waals surface area contributed by atoms with Crippen LogP contribution in [0.15, 0.2) is 24.3 Å². The lowest BCUT2D eigenvalue weighted by Gasteiger charge is -2.32. The van der Waals surface area contributed by atoms with Crippen molar-refractivity contribution in [2.75, 3.05) is 31.1 Å². The van der Waals surface area contributed by atoms with Gasteiger partial charge in [0.05, 0.1) is 12.5 Å². The zero-order chi connectivity index (χ0) is 16.1. The van der Waals surface area contributed by atoms with Crippen molar-refractivity contribution >= 4 is 17.5 Å². The van der Waals surface area contributed by atoms with Gasteiger partial charge < -0.3 is 10.6 Å². The van der Waals surface area contributed by atoms with Crippen molar-refractivity contribution < 1.29 is 14.0 Å². The van der Waals surface area contributed by atoms with E-state index in [0.717, 1.165) is 19.4 Å². The molecule has 0 aromatic heterocycles. The van der Waals surface area contributed by atoms with Gasteiger partial charge in [-0.15, -0.1) is 0 Å². The highest BCUT2D eigenvalue weighted by Crippen LogP contribution is 2.18. The SMILES string of the molecule is CCN(C(=O)CN1CCC[C@@H](C(N)=O)C1)c1ccc(F)cc1. The van der Waals surface area contributed by atoms with E-state index in [9.17, 15) is 14.0 Å². The molecule has 1 heterocycles. The number of piperidine rings is 1. The fraction of sp³-hybridized carbons (Fsp3) is 0.500. The van der Waals surface area contributed by atoms with Crippen molar-refractivity contribution in [3.05, 3.63) is 30.1 Å². The van der Waals surface area contributed by atoms with Gasteiger partial charge in [-0.2, -0.15) is 0 Å². The quantitative estimate of drug-likeness (QED) is 0.893. The topological polar surface area (TPSA) is 66.6 Å². The summed E-state index contributed by atoms with van der Waals surface area (Å²) in [6.45, 7) is 3.95. The number of rotatable bonds is 5. The first-order valence-corrected chi connectivity index (χ1v) is 7.59. The van der Waals surface area contributed by atoms with E-state index in [0.29, 0.717) is 18.8 Å². The van der Waals surface area contributed by atoms with Gasteiger partial charge in [0.25, 0.3) is 0 Å². The maximum absolute atomic E-state index is 13.0. The highest BCUT2D eigenvalue weighted by atomic mass is 19.1. The van der Waals surface area contributed by atoms with E-state index in [2.05, 4.69) is 0 Å². The van der Waals surface area contributed by atoms with Crippen LogP contribution in [0.4, 0.5) is 10.1 Å². The fourth-order valence-electron chi connectivity index (χ4n) is 2.83. The van der Waals surface area contributed by atoms with Gasteiger partial charge in [-0.05, 0) is 50.6 Å². The summed E-state index contributed by atoms with van der Waals surface area (Å²) in [5.74, 6) is -0.864. The van der Waals surface area contributed by atoms with Gasteiger partial charge in [-0.3, -0.25) is 14.5 Å². The third-order valence-electron chi connectivity index (χ3n) is 4.02. The Hall–Kier alpha value is -1.95. The summed E-state index contributed by atoms with van der Waals surface area (Å²) in [5, 5.41) is 0. The van der Waals surface area contributed by atoms with Crippen molar-refractivity contribution in [3.63, 3.8) is 0 Å². The van der Waals surface area contributed by atoms with Crippen LogP contribution in [0.1, 0.15) is 19.8 Å². The average molecular weight is 307 g/mol. The largest absolute Gasteiger partial charge is 0.369 e. The summed E-state index contributed by atoms with van der Waals surface area (Å²) >= 11 is 0. The first-order chi connectivity index (χ1) is 10.5. The Bertz CT molecular complexity index is 533. The third kappa shape index (κ3) is 4.04. The van der Waals surface area contributed by atoms with E-state index >= 15 is 0 Å². The van der Waals surface area contributed by atoms with Crippen molar-refractivity contribution in [2.45, 2.75) is 19.8 Å². The highest BCUT2D eigenvalue weighted by molar-refractivity contribution is 5.94. The standard InChI is InChI=1S/C16H22FN3O2/c1-2-20(14-7-5-13(17)6-8-14)15(21)11-19-9-3-4-12(10-19)16(18)22/h5-8,12H,2-4,9-11H2,1H3,(H2,18,22)/t12-/m1/s1. The molecule has 22 heavy (non-hydrogen) atoms. The molecule has 1 aromatic carbocycles. The maximum atomic E-state index is 13.0. The third-order valence-corrected chi connectivity index (χ3v) is 4.02. The van der Waals surface area contributed by atoms with Crippen LogP contribution in [0.5, 0.6) is 0 Å². The summed E-state index contributed by atoms with van der Waals surface area (Å²) in [6.07, 6.45) is 1.65. The van der Waals surface area contributed by atoms with Gasteiger partial charge in [0.15, 0.2) is 0 Å². The molecule has 1 fully saturated rings. The smallest absolute Gasteiger partial charge is 0.241 e. The second-order valence-corrected chi connectivity index (χ2v) is 5.59. The number of amides is 2. The molecular weight excluding hydrogens is 285 g/mol. The van der Waals surface area contributed by atoms with Crippen molar-refractivity contribution in [1.29, 1.82) is 0 Å². The minimum absolute atomic E-state index is 0.0563. The van der Waals surface area contributed by atoms with Crippen molar-refractivity contribution in [1.82, 2.24) is 4.90 Å². The highest BCUT2D eigenvalue weighted by Gasteiger charge is 2.26. The van der Waals surface area contributed by atoms with Gasteiger partial charge in [0.2, 0.25) is 11.8 Å². The van der Waals surface area contributed by atoms with E-state index < -0.39 is 0 Å². The first-order valence-electron chi connectivity index (χ1n) is 7.59. The Morgan fingerprint density at radius 1 is 1.36 bits per heavy atom. The Balaban J connectivity index is 2.00. The number of hydrogen-bond acceptors (Lipinski definition) is 3. The Morgan fingerprint density at radius 2 is 2.05 bits per heavy atom. The molecule has 0 aliphatic carbocycles. The molecule has 1 saturated heterocycles. The van der Waals surface area contributed by atoms with E-state index in [1.807, 2.05) is 11.8 Å². The number of nitrogens with zero attached hydrogens (tertiary/aromatic N) is 2. The zero-order valence-electron chi connectivity index (χ0n) is 12.8. The molecule has 2 amide bonds. The molecule has 1 atom stereocenters. The van der Waals surface area contributed by atoms with E-state index in [1.165, 1.54) is 12.1 Å². The summed E-state index contributed by atoms with van der Waals surface area (Å²) in [7, 11) is 0. The molecule has 1 aliphatic rings. The molecule has 5 nitrogen and oxygen atoms in total. The van der Waals surface area contributed by atoms with Crippen molar-refractivity contribution in [3.8, 4) is 0 Å². The normalized spacial score (nSPS) is 18.9. The van der Waals surface area contributed by atoms with Crippen LogP contribution in [0.3, 0.4) is 0 Å². The summed E-state index contributed by atoms with van der Waals surface area (Å²) in [5.41, 5.74) is 6.03. The predicted molar refractivity (Wildman–Crippen MR) is 82.8 cm³/mol. The minimum atomic E-state index is -0.326. The number of likely N-dealkylation sites (N-methyl/N-ethyl adjacent to an activating group) is 1. The molecule has 1 aromatic rings. The molecule has 0 saturated carbocycles. The Morgan fingerprint density at radius 3 is 2.64 bits per heavy atom. The van der Waals surface area contributed by atoms with Gasteiger partial charge in [-0.25, -0.2) is 4.39 Å². The van der Waals surface area contributed by atoms with E-state index in [4.69, 9.17) is 5.73 Å². The Labute approximate surface area is 129 Å². The van der Waals surface area contributed by atoms with Crippen LogP contribution in [0, 0.1) is 11.7 Å². The lowest BCUT2D eigenvalue weighted by atomic mass is 9.97. The lowest BCUT2D eigenvalue weighted by molar-refractivity contribution is -0.125. The number of halogens is 1. The van der Waals surface area contributed by atoms with Gasteiger partial charge >= 0.3 is 0 Å². The number of carbonyl (C=O) groups excluding carboxylic acids is 2. The average Bonchev–Trinajstić information content (AvgIpc) is 2.50. The molecule has 0 unspecified atom stereocenters. The van der Waals surface area contributed by atoms with Crippen LogP contribution in [0.2, 0.25) is 0 Å². The van der Waals surface area contributed by atoms with Crippen LogP contribution >= 0.6 is 0 Å². The fourth-order valence-corrected chi connectivity index (χ4v) is 2.83. The maximum Gasteiger partial charge on any atom is 0.241 e. The molecule has 0 radical (unpaired) electrons. The molecule has 6 heteroatoms. The van der Waals surface area contributed by atoms with Gasteiger partial charge in [0.1, 0.15) is 5.82 Å². The number of likely N-dealkylation sites (tertiary alicyclic amines) is 1. The van der Waals surface area contributed by atoms with E-state index in [1.54, 1.807) is 17.0 Å². The number of carbonyl (C=O) groups is 2. The number of hydrogen-bond donors (Lipinski definition) is 1. The molecule has 2 N–H and O–H groups in total. The molecule has 0 bridgehead atoms. The molecule has 0 spiro atoms. The second kappa shape index (κ2) is 7.35. The number of primary amides is 1. The van der Waals surface area contributed by atoms with Crippen LogP contribution < -0.4 is 10.6 Å². The van der Waals surface area contributed by atoms with Crippen molar-refractivity contribution in [2.24, 2.45) is 11.7 Å². The molecule has 120 valence electrons.